The number of nitrogens with zero attached hydrogens (tertiary/aromatic N) is 5. The minimum atomic E-state index is -3.92. The van der Waals surface area contributed by atoms with Crippen LogP contribution in [0.2, 0.25) is 0 Å². The SMILES string of the molecule is C=[N+](C(=O)c1ccc2c(C3CCCCC3)c3n(c2c1)CC1(C(=O)N2CC45CN(C)CC4(CN(C)C5)C2)CC1c1cc(OC)ccc1-3)S(=O)(=O)C(C)C. The molecule has 9 rings (SSSR count). The number of methoxy groups -OCH3 is 1. The van der Waals surface area contributed by atoms with E-state index < -0.39 is 26.6 Å². The predicted octanol–water partition coefficient (Wildman–Crippen LogP) is 5.15. The lowest BCUT2D eigenvalue weighted by Crippen LogP contribution is -2.44. The van der Waals surface area contributed by atoms with Crippen LogP contribution in [0.4, 0.5) is 0 Å². The van der Waals surface area contributed by atoms with Gasteiger partial charge in [0.1, 0.15) is 11.0 Å². The van der Waals surface area contributed by atoms with E-state index >= 15 is 4.79 Å². The van der Waals surface area contributed by atoms with E-state index in [2.05, 4.69) is 52.2 Å². The lowest BCUT2D eigenvalue weighted by Gasteiger charge is -2.31. The maximum Gasteiger partial charge on any atom is 0.435 e. The van der Waals surface area contributed by atoms with Crippen molar-refractivity contribution < 1.29 is 26.7 Å². The van der Waals surface area contributed by atoms with Crippen LogP contribution in [0.3, 0.4) is 0 Å². The molecule has 11 heteroatoms. The summed E-state index contributed by atoms with van der Waals surface area (Å²) in [7, 11) is 2.23. The summed E-state index contributed by atoms with van der Waals surface area (Å²) in [6.45, 7) is 12.9. The molecule has 52 heavy (non-hydrogen) atoms. The van der Waals surface area contributed by atoms with E-state index in [1.807, 2.05) is 18.2 Å². The van der Waals surface area contributed by atoms with E-state index in [-0.39, 0.29) is 28.2 Å². The minimum Gasteiger partial charge on any atom is -0.497 e. The van der Waals surface area contributed by atoms with E-state index in [4.69, 9.17) is 4.74 Å². The quantitative estimate of drug-likeness (QED) is 0.256. The molecule has 0 N–H and O–H groups in total. The van der Waals surface area contributed by atoms with Gasteiger partial charge in [-0.15, -0.1) is 0 Å². The van der Waals surface area contributed by atoms with Crippen molar-refractivity contribution in [2.75, 3.05) is 60.5 Å². The second-order valence-corrected chi connectivity index (χ2v) is 20.0. The Bertz CT molecular complexity index is 2130. The van der Waals surface area contributed by atoms with Gasteiger partial charge in [-0.05, 0) is 94.6 Å². The number of likely N-dealkylation sites (tertiary alicyclic amines) is 3. The van der Waals surface area contributed by atoms with E-state index in [1.165, 1.54) is 30.4 Å². The van der Waals surface area contributed by atoms with Gasteiger partial charge in [0, 0.05) is 79.0 Å². The zero-order valence-corrected chi connectivity index (χ0v) is 32.1. The van der Waals surface area contributed by atoms with Gasteiger partial charge in [-0.25, -0.2) is 4.79 Å². The Morgan fingerprint density at radius 2 is 1.56 bits per heavy atom. The number of ether oxygens (including phenoxy) is 1. The van der Waals surface area contributed by atoms with Crippen LogP contribution in [0.5, 0.6) is 5.75 Å². The summed E-state index contributed by atoms with van der Waals surface area (Å²) in [5.74, 6) is 0.790. The molecule has 2 atom stereocenters. The van der Waals surface area contributed by atoms with Crippen LogP contribution < -0.4 is 4.74 Å². The van der Waals surface area contributed by atoms with Crippen LogP contribution >= 0.6 is 0 Å². The van der Waals surface area contributed by atoms with Crippen molar-refractivity contribution in [1.82, 2.24) is 19.3 Å². The van der Waals surface area contributed by atoms with Gasteiger partial charge in [-0.2, -0.15) is 8.42 Å². The van der Waals surface area contributed by atoms with Crippen molar-refractivity contribution in [1.29, 1.82) is 0 Å². The molecule has 6 aliphatic rings. The van der Waals surface area contributed by atoms with Gasteiger partial charge in [0.15, 0.2) is 6.72 Å². The summed E-state index contributed by atoms with van der Waals surface area (Å²) in [5.41, 5.74) is 5.45. The standard InChI is InChI=1S/C41H52N5O5S/c1-26(2)52(49,50)44(5)37(47)28-12-14-31-34(16-28)46-25-41(38(48)45-23-39-19-42(3)20-40(39,24-45)22-43(4)21-39)18-33(41)32-17-29(51-6)13-15-30(32)36(46)35(31)27-10-8-7-9-11-27/h12-17,26-27,33H,5,7-11,18-25H2,1-4,6H3/q+1. The molecule has 0 spiro atoms. The van der Waals surface area contributed by atoms with Crippen LogP contribution in [-0.4, -0.2) is 116 Å². The van der Waals surface area contributed by atoms with Crippen molar-refractivity contribution in [2.45, 2.75) is 76.0 Å². The zero-order chi connectivity index (χ0) is 36.5. The first-order valence-electron chi connectivity index (χ1n) is 19.1. The zero-order valence-electron chi connectivity index (χ0n) is 31.3. The van der Waals surface area contributed by atoms with Crippen molar-refractivity contribution in [2.24, 2.45) is 16.2 Å². The number of carbonyl (C=O) groups excluding carboxylic acids is 2. The first kappa shape index (κ1) is 34.2. The van der Waals surface area contributed by atoms with Crippen molar-refractivity contribution >= 4 is 39.5 Å². The summed E-state index contributed by atoms with van der Waals surface area (Å²) >= 11 is 0. The molecule has 3 aromatic rings. The summed E-state index contributed by atoms with van der Waals surface area (Å²) in [4.78, 5) is 36.3. The molecule has 4 aliphatic heterocycles. The van der Waals surface area contributed by atoms with Gasteiger partial charge in [-0.1, -0.05) is 29.3 Å². The summed E-state index contributed by atoms with van der Waals surface area (Å²) in [6.07, 6.45) is 6.50. The second-order valence-electron chi connectivity index (χ2n) is 17.6. The number of fused-ring (bicyclic) bond motifs is 7. The van der Waals surface area contributed by atoms with Crippen LogP contribution in [0.15, 0.2) is 36.4 Å². The van der Waals surface area contributed by atoms with Crippen molar-refractivity contribution in [3.63, 3.8) is 0 Å². The highest BCUT2D eigenvalue weighted by Gasteiger charge is 2.70. The molecular weight excluding hydrogens is 675 g/mol. The van der Waals surface area contributed by atoms with Crippen molar-refractivity contribution in [3.05, 3.63) is 53.1 Å². The Hall–Kier alpha value is -3.54. The fourth-order valence-electron chi connectivity index (χ4n) is 11.7. The highest BCUT2D eigenvalue weighted by Crippen LogP contribution is 2.67. The van der Waals surface area contributed by atoms with Gasteiger partial charge in [-0.3, -0.25) is 4.79 Å². The van der Waals surface area contributed by atoms with Crippen LogP contribution in [-0.2, 0) is 21.4 Å². The number of sulfonamides is 1. The van der Waals surface area contributed by atoms with Gasteiger partial charge in [0.2, 0.25) is 5.91 Å². The number of amides is 2. The highest BCUT2D eigenvalue weighted by atomic mass is 32.2. The number of hydrogen-bond donors (Lipinski definition) is 0. The van der Waals surface area contributed by atoms with Crippen LogP contribution in [0.25, 0.3) is 22.2 Å². The average Bonchev–Trinajstić information content (AvgIpc) is 3.45. The molecule has 1 aromatic heterocycles. The average molecular weight is 727 g/mol. The van der Waals surface area contributed by atoms with E-state index in [9.17, 15) is 13.2 Å². The summed E-state index contributed by atoms with van der Waals surface area (Å²) in [6, 6.07) is 12.0. The second kappa shape index (κ2) is 11.5. The molecule has 276 valence electrons. The van der Waals surface area contributed by atoms with Gasteiger partial charge >= 0.3 is 15.9 Å². The largest absolute Gasteiger partial charge is 0.497 e. The fraction of sp³-hybridized carbons (Fsp3) is 0.585. The smallest absolute Gasteiger partial charge is 0.435 e. The third-order valence-electron chi connectivity index (χ3n) is 14.0. The van der Waals surface area contributed by atoms with Crippen LogP contribution in [0.1, 0.15) is 85.7 Å². The Morgan fingerprint density at radius 1 is 0.904 bits per heavy atom. The molecule has 5 heterocycles. The predicted molar refractivity (Wildman–Crippen MR) is 202 cm³/mol. The molecule has 10 nitrogen and oxygen atoms in total. The Morgan fingerprint density at radius 3 is 2.17 bits per heavy atom. The number of aromatic nitrogens is 1. The summed E-state index contributed by atoms with van der Waals surface area (Å²) < 4.78 is 34.9. The number of benzene rings is 2. The summed E-state index contributed by atoms with van der Waals surface area (Å²) in [5, 5.41) is 0.300. The van der Waals surface area contributed by atoms with Gasteiger partial charge < -0.3 is 24.0 Å². The molecule has 3 saturated heterocycles. The molecule has 0 radical (unpaired) electrons. The monoisotopic (exact) mass is 726 g/mol. The molecule has 2 saturated carbocycles. The number of carbonyl (C=O) groups is 2. The first-order chi connectivity index (χ1) is 24.7. The molecule has 2 unspecified atom stereocenters. The molecule has 5 fully saturated rings. The normalized spacial score (nSPS) is 30.1. The van der Waals surface area contributed by atoms with Crippen LogP contribution in [0, 0.1) is 16.2 Å². The molecular formula is C41H52N5O5S+. The van der Waals surface area contributed by atoms with Gasteiger partial charge in [0.05, 0.1) is 23.8 Å². The molecule has 0 bridgehead atoms. The molecule has 2 aromatic carbocycles. The lowest BCUT2D eigenvalue weighted by atomic mass is 9.71. The number of hydrogen-bond acceptors (Lipinski definition) is 7. The maximum absolute atomic E-state index is 15.3. The Kier molecular flexibility index (Phi) is 7.56. The molecule has 2 aliphatic carbocycles. The topological polar surface area (TPSA) is 95.2 Å². The minimum absolute atomic E-state index is 0.0521. The molecule has 2 amide bonds. The fourth-order valence-corrected chi connectivity index (χ4v) is 12.5. The van der Waals surface area contributed by atoms with E-state index in [0.29, 0.717) is 16.4 Å². The van der Waals surface area contributed by atoms with E-state index in [0.717, 1.165) is 86.4 Å². The third kappa shape index (κ3) is 4.67. The first-order valence-corrected chi connectivity index (χ1v) is 20.6. The van der Waals surface area contributed by atoms with E-state index in [1.54, 1.807) is 27.0 Å². The Labute approximate surface area is 307 Å². The van der Waals surface area contributed by atoms with Crippen molar-refractivity contribution in [3.8, 4) is 17.0 Å². The van der Waals surface area contributed by atoms with Gasteiger partial charge in [0.25, 0.3) is 0 Å². The maximum atomic E-state index is 15.3. The number of rotatable bonds is 6. The highest BCUT2D eigenvalue weighted by molar-refractivity contribution is 7.86. The Balaban J connectivity index is 1.21. The third-order valence-corrected chi connectivity index (χ3v) is 16.0. The lowest BCUT2D eigenvalue weighted by molar-refractivity contribution is -0.251.